The van der Waals surface area contributed by atoms with Crippen LogP contribution in [0.4, 0.5) is 4.39 Å². The van der Waals surface area contributed by atoms with Crippen molar-refractivity contribution in [3.63, 3.8) is 0 Å². The van der Waals surface area contributed by atoms with Crippen LogP contribution in [0.5, 0.6) is 5.75 Å². The number of nitrogens with one attached hydrogen (secondary N) is 1. The van der Waals surface area contributed by atoms with Crippen molar-refractivity contribution in [3.8, 4) is 11.4 Å². The summed E-state index contributed by atoms with van der Waals surface area (Å²) in [6, 6.07) is 7.07. The van der Waals surface area contributed by atoms with E-state index in [1.807, 2.05) is 0 Å². The number of benzene rings is 1. The van der Waals surface area contributed by atoms with Gasteiger partial charge in [-0.25, -0.2) is 4.39 Å². The predicted octanol–water partition coefficient (Wildman–Crippen LogP) is 1.33. The predicted molar refractivity (Wildman–Crippen MR) is 71.3 cm³/mol. The van der Waals surface area contributed by atoms with Gasteiger partial charge in [0.1, 0.15) is 17.3 Å². The van der Waals surface area contributed by atoms with Gasteiger partial charge in [0.15, 0.2) is 0 Å². The molecule has 1 saturated carbocycles. The molecule has 3 rings (SSSR count). The van der Waals surface area contributed by atoms with Gasteiger partial charge in [0.05, 0.1) is 5.69 Å². The van der Waals surface area contributed by atoms with Gasteiger partial charge in [0, 0.05) is 18.7 Å². The standard InChI is InChI=1S/C14H14FN3O2/c15-9-1-5-11(6-2-9)18-14(20)7-13(19)12(17-18)8-16-10-3-4-10/h1-2,5-7,10,16,19H,3-4,8H2. The average molecular weight is 275 g/mol. The molecule has 0 bridgehead atoms. The van der Waals surface area contributed by atoms with Crippen LogP contribution in [0.1, 0.15) is 18.5 Å². The van der Waals surface area contributed by atoms with Gasteiger partial charge in [-0.1, -0.05) is 0 Å². The molecule has 0 saturated heterocycles. The highest BCUT2D eigenvalue weighted by Gasteiger charge is 2.21. The van der Waals surface area contributed by atoms with Crippen LogP contribution < -0.4 is 10.9 Å². The molecule has 1 heterocycles. The lowest BCUT2D eigenvalue weighted by atomic mass is 10.3. The maximum absolute atomic E-state index is 12.9. The van der Waals surface area contributed by atoms with E-state index in [0.717, 1.165) is 23.6 Å². The van der Waals surface area contributed by atoms with Gasteiger partial charge in [-0.15, -0.1) is 0 Å². The Kier molecular flexibility index (Phi) is 3.23. The van der Waals surface area contributed by atoms with Crippen molar-refractivity contribution in [2.75, 3.05) is 0 Å². The number of halogens is 1. The number of hydrogen-bond acceptors (Lipinski definition) is 4. The first-order valence-corrected chi connectivity index (χ1v) is 6.45. The Morgan fingerprint density at radius 3 is 2.70 bits per heavy atom. The fourth-order valence-electron chi connectivity index (χ4n) is 1.90. The fourth-order valence-corrected chi connectivity index (χ4v) is 1.90. The van der Waals surface area contributed by atoms with E-state index in [1.54, 1.807) is 0 Å². The molecule has 1 aromatic heterocycles. The summed E-state index contributed by atoms with van der Waals surface area (Å²) < 4.78 is 14.1. The van der Waals surface area contributed by atoms with Crippen molar-refractivity contribution in [2.45, 2.75) is 25.4 Å². The molecule has 5 nitrogen and oxygen atoms in total. The quantitative estimate of drug-likeness (QED) is 0.883. The number of aromatic hydroxyl groups is 1. The lowest BCUT2D eigenvalue weighted by Crippen LogP contribution is -2.24. The first kappa shape index (κ1) is 12.8. The summed E-state index contributed by atoms with van der Waals surface area (Å²) in [7, 11) is 0. The van der Waals surface area contributed by atoms with Crippen LogP contribution in [0.3, 0.4) is 0 Å². The van der Waals surface area contributed by atoms with E-state index in [0.29, 0.717) is 24.0 Å². The van der Waals surface area contributed by atoms with Gasteiger partial charge in [-0.05, 0) is 37.1 Å². The molecule has 1 aliphatic carbocycles. The highest BCUT2D eigenvalue weighted by molar-refractivity contribution is 5.33. The minimum atomic E-state index is -0.454. The van der Waals surface area contributed by atoms with E-state index in [9.17, 15) is 14.3 Å². The van der Waals surface area contributed by atoms with Crippen molar-refractivity contribution in [1.29, 1.82) is 0 Å². The Balaban J connectivity index is 1.94. The van der Waals surface area contributed by atoms with Crippen LogP contribution in [0.2, 0.25) is 0 Å². The fraction of sp³-hybridized carbons (Fsp3) is 0.286. The molecule has 104 valence electrons. The zero-order chi connectivity index (χ0) is 14.1. The van der Waals surface area contributed by atoms with Crippen molar-refractivity contribution < 1.29 is 9.50 Å². The summed E-state index contributed by atoms with van der Waals surface area (Å²) in [4.78, 5) is 11.9. The van der Waals surface area contributed by atoms with Gasteiger partial charge in [0.2, 0.25) is 0 Å². The van der Waals surface area contributed by atoms with Gasteiger partial charge in [0.25, 0.3) is 5.56 Å². The van der Waals surface area contributed by atoms with Crippen LogP contribution >= 0.6 is 0 Å². The van der Waals surface area contributed by atoms with Crippen LogP contribution in [-0.2, 0) is 6.54 Å². The molecular formula is C14H14FN3O2. The Labute approximate surface area is 114 Å². The molecule has 1 fully saturated rings. The molecule has 0 radical (unpaired) electrons. The Morgan fingerprint density at radius 1 is 1.35 bits per heavy atom. The number of hydrogen-bond donors (Lipinski definition) is 2. The SMILES string of the molecule is O=c1cc(O)c(CNC2CC2)nn1-c1ccc(F)cc1. The number of aromatic nitrogens is 2. The lowest BCUT2D eigenvalue weighted by molar-refractivity contribution is 0.451. The van der Waals surface area contributed by atoms with E-state index in [1.165, 1.54) is 24.3 Å². The second-order valence-corrected chi connectivity index (χ2v) is 4.86. The van der Waals surface area contributed by atoms with Crippen molar-refractivity contribution in [1.82, 2.24) is 15.1 Å². The largest absolute Gasteiger partial charge is 0.506 e. The maximum Gasteiger partial charge on any atom is 0.275 e. The summed E-state index contributed by atoms with van der Waals surface area (Å²) in [5.74, 6) is -0.502. The van der Waals surface area contributed by atoms with E-state index in [-0.39, 0.29) is 11.6 Å². The minimum Gasteiger partial charge on any atom is -0.506 e. The molecule has 0 aliphatic heterocycles. The second-order valence-electron chi connectivity index (χ2n) is 4.86. The van der Waals surface area contributed by atoms with E-state index in [2.05, 4.69) is 10.4 Å². The summed E-state index contributed by atoms with van der Waals surface area (Å²) in [6.45, 7) is 0.401. The van der Waals surface area contributed by atoms with Gasteiger partial charge < -0.3 is 10.4 Å². The van der Waals surface area contributed by atoms with Gasteiger partial charge in [-0.3, -0.25) is 4.79 Å². The van der Waals surface area contributed by atoms with Crippen molar-refractivity contribution >= 4 is 0 Å². The normalized spacial score (nSPS) is 14.4. The molecule has 6 heteroatoms. The molecule has 0 amide bonds. The van der Waals surface area contributed by atoms with Crippen LogP contribution in [-0.4, -0.2) is 20.9 Å². The zero-order valence-electron chi connectivity index (χ0n) is 10.7. The third-order valence-electron chi connectivity index (χ3n) is 3.19. The monoisotopic (exact) mass is 275 g/mol. The third-order valence-corrected chi connectivity index (χ3v) is 3.19. The molecule has 0 atom stereocenters. The molecule has 0 spiro atoms. The van der Waals surface area contributed by atoms with E-state index < -0.39 is 5.56 Å². The number of nitrogens with zero attached hydrogens (tertiary/aromatic N) is 2. The molecule has 1 aliphatic rings. The number of rotatable bonds is 4. The van der Waals surface area contributed by atoms with Crippen LogP contribution in [0.15, 0.2) is 35.1 Å². The maximum atomic E-state index is 12.9. The molecular weight excluding hydrogens is 261 g/mol. The molecule has 20 heavy (non-hydrogen) atoms. The topological polar surface area (TPSA) is 67.2 Å². The third kappa shape index (κ3) is 2.70. The first-order valence-electron chi connectivity index (χ1n) is 6.45. The Hall–Kier alpha value is -2.21. The highest BCUT2D eigenvalue weighted by atomic mass is 19.1. The molecule has 2 N–H and O–H groups in total. The van der Waals surface area contributed by atoms with E-state index in [4.69, 9.17) is 0 Å². The summed E-state index contributed by atoms with van der Waals surface area (Å²) in [5.41, 5.74) is 0.411. The Bertz CT molecular complexity index is 678. The van der Waals surface area contributed by atoms with Gasteiger partial charge >= 0.3 is 0 Å². The van der Waals surface area contributed by atoms with Gasteiger partial charge in [-0.2, -0.15) is 9.78 Å². The smallest absolute Gasteiger partial charge is 0.275 e. The van der Waals surface area contributed by atoms with Crippen LogP contribution in [0, 0.1) is 5.82 Å². The summed E-state index contributed by atoms with van der Waals surface area (Å²) in [6.07, 6.45) is 2.25. The Morgan fingerprint density at radius 2 is 2.05 bits per heavy atom. The summed E-state index contributed by atoms with van der Waals surface area (Å²) >= 11 is 0. The molecule has 0 unspecified atom stereocenters. The van der Waals surface area contributed by atoms with Crippen molar-refractivity contribution in [2.24, 2.45) is 0 Å². The molecule has 2 aromatic rings. The zero-order valence-corrected chi connectivity index (χ0v) is 10.7. The minimum absolute atomic E-state index is 0.124. The molecule has 1 aromatic carbocycles. The van der Waals surface area contributed by atoms with Crippen LogP contribution in [0.25, 0.3) is 5.69 Å². The van der Waals surface area contributed by atoms with Crippen molar-refractivity contribution in [3.05, 3.63) is 52.2 Å². The lowest BCUT2D eigenvalue weighted by Gasteiger charge is -2.09. The summed E-state index contributed by atoms with van der Waals surface area (Å²) in [5, 5.41) is 17.1. The van der Waals surface area contributed by atoms with E-state index >= 15 is 0 Å². The highest BCUT2D eigenvalue weighted by Crippen LogP contribution is 2.20. The second kappa shape index (κ2) is 5.05. The first-order chi connectivity index (χ1) is 9.63. The average Bonchev–Trinajstić information content (AvgIpc) is 3.23.